The predicted octanol–water partition coefficient (Wildman–Crippen LogP) is 2.68. The smallest absolute Gasteiger partial charge is 0.244 e. The summed E-state index contributed by atoms with van der Waals surface area (Å²) in [6.45, 7) is 5.65. The van der Waals surface area contributed by atoms with Gasteiger partial charge in [0.15, 0.2) is 0 Å². The predicted molar refractivity (Wildman–Crippen MR) is 90.3 cm³/mol. The molecule has 0 unspecified atom stereocenters. The van der Waals surface area contributed by atoms with Gasteiger partial charge in [0.05, 0.1) is 11.9 Å². The topological polar surface area (TPSA) is 66.5 Å². The Morgan fingerprint density at radius 2 is 1.83 bits per heavy atom. The fraction of sp³-hybridized carbons (Fsp3) is 0.562. The van der Waals surface area contributed by atoms with E-state index in [2.05, 4.69) is 5.32 Å². The van der Waals surface area contributed by atoms with Crippen molar-refractivity contribution in [2.75, 3.05) is 10.6 Å². The zero-order valence-electron chi connectivity index (χ0n) is 14.0. The molecule has 1 aromatic carbocycles. The number of rotatable bonds is 8. The van der Waals surface area contributed by atoms with E-state index < -0.39 is 21.9 Å². The number of halogens is 1. The van der Waals surface area contributed by atoms with Crippen molar-refractivity contribution < 1.29 is 17.6 Å². The second-order valence-electron chi connectivity index (χ2n) is 5.66. The summed E-state index contributed by atoms with van der Waals surface area (Å²) >= 11 is 0. The number of sulfonamides is 1. The van der Waals surface area contributed by atoms with Crippen LogP contribution >= 0.6 is 0 Å². The van der Waals surface area contributed by atoms with Gasteiger partial charge in [-0.2, -0.15) is 0 Å². The first-order chi connectivity index (χ1) is 10.7. The molecule has 1 aromatic rings. The molecule has 130 valence electrons. The molecule has 0 bridgehead atoms. The number of carbonyl (C=O) groups excluding carboxylic acids is 1. The number of nitrogens with zero attached hydrogens (tertiary/aromatic N) is 1. The number of hydrogen-bond donors (Lipinski definition) is 1. The van der Waals surface area contributed by atoms with Crippen LogP contribution in [-0.4, -0.2) is 32.7 Å². The highest BCUT2D eigenvalue weighted by molar-refractivity contribution is 7.92. The highest BCUT2D eigenvalue weighted by atomic mass is 32.2. The van der Waals surface area contributed by atoms with Crippen LogP contribution in [0, 0.1) is 5.82 Å². The van der Waals surface area contributed by atoms with Gasteiger partial charge in [-0.25, -0.2) is 12.8 Å². The first-order valence-corrected chi connectivity index (χ1v) is 9.60. The molecule has 1 amide bonds. The van der Waals surface area contributed by atoms with Crippen molar-refractivity contribution in [3.63, 3.8) is 0 Å². The zero-order valence-corrected chi connectivity index (χ0v) is 14.9. The van der Waals surface area contributed by atoms with Crippen molar-refractivity contribution >= 4 is 21.6 Å². The normalized spacial score (nSPS) is 14.1. The summed E-state index contributed by atoms with van der Waals surface area (Å²) in [4.78, 5) is 12.5. The SMILES string of the molecule is CCC[C@@H](C)NC(=O)[C@H](CC)N(c1ccc(F)cc1)S(C)(=O)=O. The van der Waals surface area contributed by atoms with Crippen molar-refractivity contribution in [2.45, 2.75) is 52.1 Å². The van der Waals surface area contributed by atoms with Crippen molar-refractivity contribution in [3.8, 4) is 0 Å². The summed E-state index contributed by atoms with van der Waals surface area (Å²) in [5, 5.41) is 2.85. The maximum absolute atomic E-state index is 13.1. The Hall–Kier alpha value is -1.63. The number of nitrogens with one attached hydrogen (secondary N) is 1. The van der Waals surface area contributed by atoms with Gasteiger partial charge in [0, 0.05) is 6.04 Å². The van der Waals surface area contributed by atoms with Crippen LogP contribution in [0.1, 0.15) is 40.0 Å². The lowest BCUT2D eigenvalue weighted by Crippen LogP contribution is -2.51. The lowest BCUT2D eigenvalue weighted by molar-refractivity contribution is -0.122. The van der Waals surface area contributed by atoms with Gasteiger partial charge in [-0.15, -0.1) is 0 Å². The summed E-state index contributed by atoms with van der Waals surface area (Å²) in [5.74, 6) is -0.806. The van der Waals surface area contributed by atoms with E-state index in [1.807, 2.05) is 13.8 Å². The first-order valence-electron chi connectivity index (χ1n) is 7.76. The summed E-state index contributed by atoms with van der Waals surface area (Å²) < 4.78 is 38.5. The zero-order chi connectivity index (χ0) is 17.6. The first kappa shape index (κ1) is 19.4. The highest BCUT2D eigenvalue weighted by Crippen LogP contribution is 2.23. The third-order valence-electron chi connectivity index (χ3n) is 3.52. The molecule has 0 aliphatic rings. The molecule has 0 heterocycles. The Morgan fingerprint density at radius 1 is 1.26 bits per heavy atom. The van der Waals surface area contributed by atoms with E-state index in [0.717, 1.165) is 23.4 Å². The number of benzene rings is 1. The van der Waals surface area contributed by atoms with E-state index in [1.54, 1.807) is 6.92 Å². The summed E-state index contributed by atoms with van der Waals surface area (Å²) in [6.07, 6.45) is 3.10. The molecule has 2 atom stereocenters. The molecule has 7 heteroatoms. The minimum Gasteiger partial charge on any atom is -0.352 e. The van der Waals surface area contributed by atoms with E-state index in [1.165, 1.54) is 24.3 Å². The lowest BCUT2D eigenvalue weighted by atomic mass is 10.1. The summed E-state index contributed by atoms with van der Waals surface area (Å²) in [7, 11) is -3.69. The van der Waals surface area contributed by atoms with E-state index in [9.17, 15) is 17.6 Å². The lowest BCUT2D eigenvalue weighted by Gasteiger charge is -2.31. The van der Waals surface area contributed by atoms with Gasteiger partial charge in [0.2, 0.25) is 15.9 Å². The summed E-state index contributed by atoms with van der Waals surface area (Å²) in [6, 6.07) is 4.19. The Balaban J connectivity index is 3.13. The molecule has 0 spiro atoms. The van der Waals surface area contributed by atoms with Crippen LogP contribution in [0.25, 0.3) is 0 Å². The van der Waals surface area contributed by atoms with Crippen LogP contribution in [0.2, 0.25) is 0 Å². The molecule has 0 radical (unpaired) electrons. The molecule has 0 aliphatic heterocycles. The van der Waals surface area contributed by atoms with E-state index >= 15 is 0 Å². The molecule has 0 aromatic heterocycles. The standard InChI is InChI=1S/C16H25FN2O3S/c1-5-7-12(3)18-16(20)15(6-2)19(23(4,21)22)14-10-8-13(17)9-11-14/h8-12,15H,5-7H2,1-4H3,(H,18,20)/t12-,15+/m1/s1. The average Bonchev–Trinajstić information content (AvgIpc) is 2.44. The molecular weight excluding hydrogens is 319 g/mol. The molecule has 5 nitrogen and oxygen atoms in total. The van der Waals surface area contributed by atoms with Gasteiger partial charge in [0.1, 0.15) is 11.9 Å². The molecule has 0 saturated carbocycles. The fourth-order valence-electron chi connectivity index (χ4n) is 2.49. The van der Waals surface area contributed by atoms with Gasteiger partial charge in [-0.3, -0.25) is 9.10 Å². The van der Waals surface area contributed by atoms with E-state index in [4.69, 9.17) is 0 Å². The Kier molecular flexibility index (Phi) is 7.00. The number of amides is 1. The maximum atomic E-state index is 13.1. The van der Waals surface area contributed by atoms with Crippen molar-refractivity contribution in [1.29, 1.82) is 0 Å². The van der Waals surface area contributed by atoms with Crippen molar-refractivity contribution in [3.05, 3.63) is 30.1 Å². The summed E-state index contributed by atoms with van der Waals surface area (Å²) in [5.41, 5.74) is 0.277. The van der Waals surface area contributed by atoms with Gasteiger partial charge in [-0.1, -0.05) is 20.3 Å². The molecule has 1 rings (SSSR count). The number of hydrogen-bond acceptors (Lipinski definition) is 3. The highest BCUT2D eigenvalue weighted by Gasteiger charge is 2.31. The molecule has 1 N–H and O–H groups in total. The molecule has 0 aliphatic carbocycles. The Bertz CT molecular complexity index is 617. The monoisotopic (exact) mass is 344 g/mol. The minimum atomic E-state index is -3.69. The van der Waals surface area contributed by atoms with Crippen LogP contribution in [0.4, 0.5) is 10.1 Å². The second kappa shape index (κ2) is 8.29. The van der Waals surface area contributed by atoms with Gasteiger partial charge >= 0.3 is 0 Å². The molecular formula is C16H25FN2O3S. The molecule has 0 fully saturated rings. The average molecular weight is 344 g/mol. The van der Waals surface area contributed by atoms with Crippen LogP contribution in [-0.2, 0) is 14.8 Å². The van der Waals surface area contributed by atoms with Crippen LogP contribution < -0.4 is 9.62 Å². The number of carbonyl (C=O) groups is 1. The maximum Gasteiger partial charge on any atom is 0.244 e. The fourth-order valence-corrected chi connectivity index (χ4v) is 3.70. The molecule has 0 saturated heterocycles. The number of anilines is 1. The van der Waals surface area contributed by atoms with Crippen molar-refractivity contribution in [2.24, 2.45) is 0 Å². The van der Waals surface area contributed by atoms with Crippen LogP contribution in [0.5, 0.6) is 0 Å². The van der Waals surface area contributed by atoms with Gasteiger partial charge in [0.25, 0.3) is 0 Å². The minimum absolute atomic E-state index is 0.0313. The van der Waals surface area contributed by atoms with Crippen LogP contribution in [0.3, 0.4) is 0 Å². The van der Waals surface area contributed by atoms with Crippen molar-refractivity contribution in [1.82, 2.24) is 5.32 Å². The van der Waals surface area contributed by atoms with E-state index in [-0.39, 0.29) is 17.6 Å². The molecule has 23 heavy (non-hydrogen) atoms. The van der Waals surface area contributed by atoms with E-state index in [0.29, 0.717) is 6.42 Å². The van der Waals surface area contributed by atoms with Gasteiger partial charge in [-0.05, 0) is 44.0 Å². The Morgan fingerprint density at radius 3 is 2.26 bits per heavy atom. The van der Waals surface area contributed by atoms with Crippen LogP contribution in [0.15, 0.2) is 24.3 Å². The third-order valence-corrected chi connectivity index (χ3v) is 4.70. The largest absolute Gasteiger partial charge is 0.352 e. The Labute approximate surface area is 137 Å². The van der Waals surface area contributed by atoms with Gasteiger partial charge < -0.3 is 5.32 Å². The quantitative estimate of drug-likeness (QED) is 0.788. The third kappa shape index (κ3) is 5.49. The second-order valence-corrected chi connectivity index (χ2v) is 7.52.